The third-order valence-electron chi connectivity index (χ3n) is 11.3. The normalized spacial score (nSPS) is 44.3. The summed E-state index contributed by atoms with van der Waals surface area (Å²) < 4.78 is 5.37. The van der Waals surface area contributed by atoms with Gasteiger partial charge in [0.15, 0.2) is 0 Å². The van der Waals surface area contributed by atoms with Crippen molar-refractivity contribution in [2.24, 2.45) is 46.3 Å². The molecule has 0 spiro atoms. The van der Waals surface area contributed by atoms with Gasteiger partial charge in [0.1, 0.15) is 0 Å². The predicted molar refractivity (Wildman–Crippen MR) is 130 cm³/mol. The van der Waals surface area contributed by atoms with E-state index in [0.29, 0.717) is 16.7 Å². The second kappa shape index (κ2) is 9.96. The molecule has 3 nitrogen and oxygen atoms in total. The topological polar surface area (TPSA) is 46.5 Å². The molecule has 0 saturated heterocycles. The van der Waals surface area contributed by atoms with E-state index in [4.69, 9.17) is 4.74 Å². The summed E-state index contributed by atoms with van der Waals surface area (Å²) >= 11 is 0. The van der Waals surface area contributed by atoms with Crippen molar-refractivity contribution in [1.29, 1.82) is 0 Å². The standard InChI is InChI=1S/C29H50O3/c1-5-6-7-8-9-10-23(27(31)32-4)25-14-13-24-22-12-11-20-19-21(30)15-17-28(20,2)26(22)16-18-29(24,25)3/h20-26,30H,5-19H2,1-4H3/t20-,21-,22-,23+,24-,25+,26-,28-,29-/m0/s1. The van der Waals surface area contributed by atoms with Crippen LogP contribution in [-0.4, -0.2) is 24.3 Å². The van der Waals surface area contributed by atoms with E-state index in [0.717, 1.165) is 42.9 Å². The zero-order valence-electron chi connectivity index (χ0n) is 21.4. The van der Waals surface area contributed by atoms with Crippen LogP contribution in [0.4, 0.5) is 0 Å². The number of hydrogen-bond acceptors (Lipinski definition) is 3. The smallest absolute Gasteiger partial charge is 0.308 e. The number of fused-ring (bicyclic) bond motifs is 5. The Labute approximate surface area is 197 Å². The summed E-state index contributed by atoms with van der Waals surface area (Å²) in [6.07, 6.45) is 18.3. The zero-order chi connectivity index (χ0) is 22.9. The van der Waals surface area contributed by atoms with Gasteiger partial charge in [-0.15, -0.1) is 0 Å². The SMILES string of the molecule is CCCCCCC[C@@H](C(=O)OC)[C@H]1CC[C@H]2[C@@H]3CC[C@H]4C[C@@H](O)CC[C@]4(C)[C@H]3CC[C@]12C. The number of ether oxygens (including phenoxy) is 1. The number of aliphatic hydroxyl groups is 1. The molecule has 32 heavy (non-hydrogen) atoms. The van der Waals surface area contributed by atoms with Crippen LogP contribution >= 0.6 is 0 Å². The van der Waals surface area contributed by atoms with E-state index in [-0.39, 0.29) is 18.0 Å². The lowest BCUT2D eigenvalue weighted by atomic mass is 9.44. The molecule has 4 saturated carbocycles. The minimum absolute atomic E-state index is 0.0615. The molecule has 4 rings (SSSR count). The fourth-order valence-corrected chi connectivity index (χ4v) is 9.54. The van der Waals surface area contributed by atoms with Gasteiger partial charge >= 0.3 is 5.97 Å². The first-order chi connectivity index (χ1) is 15.3. The number of unbranched alkanes of at least 4 members (excludes halogenated alkanes) is 4. The van der Waals surface area contributed by atoms with Crippen molar-refractivity contribution in [1.82, 2.24) is 0 Å². The summed E-state index contributed by atoms with van der Waals surface area (Å²) in [6, 6.07) is 0. The Morgan fingerprint density at radius 3 is 2.41 bits per heavy atom. The fourth-order valence-electron chi connectivity index (χ4n) is 9.54. The third-order valence-corrected chi connectivity index (χ3v) is 11.3. The summed E-state index contributed by atoms with van der Waals surface area (Å²) in [7, 11) is 1.59. The van der Waals surface area contributed by atoms with Crippen LogP contribution in [0.2, 0.25) is 0 Å². The highest BCUT2D eigenvalue weighted by molar-refractivity contribution is 5.72. The first-order valence-corrected chi connectivity index (χ1v) is 14.1. The molecule has 9 atom stereocenters. The number of rotatable bonds is 8. The summed E-state index contributed by atoms with van der Waals surface area (Å²) in [6.45, 7) is 7.39. The molecular weight excluding hydrogens is 396 g/mol. The average Bonchev–Trinajstić information content (AvgIpc) is 3.13. The van der Waals surface area contributed by atoms with Crippen LogP contribution in [0.25, 0.3) is 0 Å². The van der Waals surface area contributed by atoms with Gasteiger partial charge < -0.3 is 9.84 Å². The Balaban J connectivity index is 1.48. The Kier molecular flexibility index (Phi) is 7.64. The highest BCUT2D eigenvalue weighted by Gasteiger charge is 2.61. The van der Waals surface area contributed by atoms with Gasteiger partial charge in [0.05, 0.1) is 19.1 Å². The van der Waals surface area contributed by atoms with Crippen LogP contribution in [0.3, 0.4) is 0 Å². The lowest BCUT2D eigenvalue weighted by molar-refractivity contribution is -0.154. The van der Waals surface area contributed by atoms with E-state index < -0.39 is 0 Å². The Hall–Kier alpha value is -0.570. The Morgan fingerprint density at radius 2 is 1.66 bits per heavy atom. The van der Waals surface area contributed by atoms with Gasteiger partial charge in [-0.25, -0.2) is 0 Å². The van der Waals surface area contributed by atoms with Crippen LogP contribution in [0.1, 0.15) is 117 Å². The van der Waals surface area contributed by atoms with E-state index in [2.05, 4.69) is 20.8 Å². The van der Waals surface area contributed by atoms with Crippen molar-refractivity contribution in [3.8, 4) is 0 Å². The first kappa shape index (κ1) is 24.6. The highest BCUT2D eigenvalue weighted by Crippen LogP contribution is 2.68. The molecule has 0 bridgehead atoms. The zero-order valence-corrected chi connectivity index (χ0v) is 21.4. The molecule has 4 fully saturated rings. The maximum absolute atomic E-state index is 12.9. The Morgan fingerprint density at radius 1 is 0.938 bits per heavy atom. The van der Waals surface area contributed by atoms with Gasteiger partial charge in [0.2, 0.25) is 0 Å². The van der Waals surface area contributed by atoms with Crippen LogP contribution in [0.5, 0.6) is 0 Å². The number of carbonyl (C=O) groups excluding carboxylic acids is 1. The van der Waals surface area contributed by atoms with Crippen molar-refractivity contribution < 1.29 is 14.6 Å². The molecule has 0 unspecified atom stereocenters. The van der Waals surface area contributed by atoms with Gasteiger partial charge in [0.25, 0.3) is 0 Å². The quantitative estimate of drug-likeness (QED) is 0.318. The fraction of sp³-hybridized carbons (Fsp3) is 0.966. The number of aliphatic hydroxyl groups excluding tert-OH is 1. The molecular formula is C29H50O3. The minimum atomic E-state index is -0.0625. The molecule has 0 aromatic carbocycles. The second-order valence-corrected chi connectivity index (χ2v) is 12.6. The Bertz CT molecular complexity index is 646. The van der Waals surface area contributed by atoms with Gasteiger partial charge in [-0.05, 0) is 105 Å². The lowest BCUT2D eigenvalue weighted by Gasteiger charge is -2.61. The highest BCUT2D eigenvalue weighted by atomic mass is 16.5. The van der Waals surface area contributed by atoms with Crippen molar-refractivity contribution in [2.75, 3.05) is 7.11 Å². The van der Waals surface area contributed by atoms with E-state index in [1.54, 1.807) is 7.11 Å². The molecule has 0 aromatic heterocycles. The molecule has 0 aromatic rings. The maximum atomic E-state index is 12.9. The van der Waals surface area contributed by atoms with Gasteiger partial charge in [-0.1, -0.05) is 52.9 Å². The van der Waals surface area contributed by atoms with Crippen LogP contribution < -0.4 is 0 Å². The molecule has 3 heteroatoms. The second-order valence-electron chi connectivity index (χ2n) is 12.6. The van der Waals surface area contributed by atoms with Crippen molar-refractivity contribution in [2.45, 2.75) is 123 Å². The lowest BCUT2D eigenvalue weighted by Crippen LogP contribution is -2.54. The molecule has 4 aliphatic rings. The third kappa shape index (κ3) is 4.29. The van der Waals surface area contributed by atoms with E-state index in [9.17, 15) is 9.90 Å². The average molecular weight is 447 g/mol. The van der Waals surface area contributed by atoms with Gasteiger partial charge in [0, 0.05) is 0 Å². The summed E-state index contributed by atoms with van der Waals surface area (Å²) in [5, 5.41) is 10.3. The van der Waals surface area contributed by atoms with E-state index >= 15 is 0 Å². The summed E-state index contributed by atoms with van der Waals surface area (Å²) in [4.78, 5) is 12.9. The largest absolute Gasteiger partial charge is 0.469 e. The molecule has 184 valence electrons. The summed E-state index contributed by atoms with van der Waals surface area (Å²) in [5.41, 5.74) is 0.739. The van der Waals surface area contributed by atoms with Crippen LogP contribution in [0, 0.1) is 46.3 Å². The van der Waals surface area contributed by atoms with Crippen molar-refractivity contribution in [3.63, 3.8) is 0 Å². The molecule has 0 radical (unpaired) electrons. The number of carbonyl (C=O) groups is 1. The maximum Gasteiger partial charge on any atom is 0.308 e. The van der Waals surface area contributed by atoms with Gasteiger partial charge in [-0.3, -0.25) is 4.79 Å². The molecule has 0 aliphatic heterocycles. The van der Waals surface area contributed by atoms with E-state index in [1.807, 2.05) is 0 Å². The minimum Gasteiger partial charge on any atom is -0.469 e. The van der Waals surface area contributed by atoms with Crippen LogP contribution in [-0.2, 0) is 9.53 Å². The number of esters is 1. The predicted octanol–water partition coefficient (Wildman–Crippen LogP) is 7.16. The van der Waals surface area contributed by atoms with Crippen molar-refractivity contribution in [3.05, 3.63) is 0 Å². The van der Waals surface area contributed by atoms with Crippen LogP contribution in [0.15, 0.2) is 0 Å². The van der Waals surface area contributed by atoms with Gasteiger partial charge in [-0.2, -0.15) is 0 Å². The van der Waals surface area contributed by atoms with Crippen molar-refractivity contribution >= 4 is 5.97 Å². The molecule has 1 N–H and O–H groups in total. The first-order valence-electron chi connectivity index (χ1n) is 14.1. The number of methoxy groups -OCH3 is 1. The van der Waals surface area contributed by atoms with E-state index in [1.165, 1.54) is 77.0 Å². The molecule has 0 heterocycles. The molecule has 0 amide bonds. The molecule has 4 aliphatic carbocycles. The number of hydrogen-bond donors (Lipinski definition) is 1. The summed E-state index contributed by atoms with van der Waals surface area (Å²) in [5.74, 6) is 3.83. The monoisotopic (exact) mass is 446 g/mol.